The Bertz CT molecular complexity index is 383. The van der Waals surface area contributed by atoms with Gasteiger partial charge in [-0.2, -0.15) is 0 Å². The Morgan fingerprint density at radius 2 is 2.00 bits per heavy atom. The van der Waals surface area contributed by atoms with Gasteiger partial charge in [0.2, 0.25) is 0 Å². The van der Waals surface area contributed by atoms with Crippen molar-refractivity contribution in [2.75, 3.05) is 0 Å². The molecule has 1 saturated carbocycles. The second-order valence-corrected chi connectivity index (χ2v) is 5.56. The fourth-order valence-electron chi connectivity index (χ4n) is 2.73. The zero-order valence-electron chi connectivity index (χ0n) is 11.7. The van der Waals surface area contributed by atoms with Crippen molar-refractivity contribution >= 4 is 0 Å². The predicted molar refractivity (Wildman–Crippen MR) is 74.6 cm³/mol. The summed E-state index contributed by atoms with van der Waals surface area (Å²) in [6.07, 6.45) is 8.43. The average molecular weight is 247 g/mol. The molecule has 0 aromatic carbocycles. The number of hydrogen-bond donors (Lipinski definition) is 1. The molecule has 3 nitrogen and oxygen atoms in total. The van der Waals surface area contributed by atoms with Crippen LogP contribution in [0.4, 0.5) is 0 Å². The highest BCUT2D eigenvalue weighted by Gasteiger charge is 2.18. The molecular formula is C15H25N3. The van der Waals surface area contributed by atoms with Crippen molar-refractivity contribution < 1.29 is 0 Å². The van der Waals surface area contributed by atoms with Gasteiger partial charge in [-0.15, -0.1) is 0 Å². The van der Waals surface area contributed by atoms with Crippen molar-refractivity contribution in [2.24, 2.45) is 5.73 Å². The van der Waals surface area contributed by atoms with E-state index in [-0.39, 0.29) is 6.04 Å². The summed E-state index contributed by atoms with van der Waals surface area (Å²) >= 11 is 0. The van der Waals surface area contributed by atoms with E-state index in [0.717, 1.165) is 24.4 Å². The lowest BCUT2D eigenvalue weighted by Gasteiger charge is -2.22. The van der Waals surface area contributed by atoms with Gasteiger partial charge in [0.15, 0.2) is 0 Å². The number of aryl methyl sites for hydroxylation is 1. The highest BCUT2D eigenvalue weighted by atomic mass is 14.9. The first-order valence-corrected chi connectivity index (χ1v) is 7.29. The van der Waals surface area contributed by atoms with E-state index in [1.54, 1.807) is 0 Å². The van der Waals surface area contributed by atoms with Gasteiger partial charge in [0.25, 0.3) is 0 Å². The maximum atomic E-state index is 6.00. The molecule has 1 heterocycles. The predicted octanol–water partition coefficient (Wildman–Crippen LogP) is 3.11. The van der Waals surface area contributed by atoms with E-state index in [1.807, 2.05) is 0 Å². The summed E-state index contributed by atoms with van der Waals surface area (Å²) in [5.41, 5.74) is 8.34. The van der Waals surface area contributed by atoms with E-state index in [0.29, 0.717) is 5.92 Å². The lowest BCUT2D eigenvalue weighted by Crippen LogP contribution is -2.23. The van der Waals surface area contributed by atoms with Crippen molar-refractivity contribution in [3.63, 3.8) is 0 Å². The van der Waals surface area contributed by atoms with E-state index in [1.165, 1.54) is 37.8 Å². The molecule has 0 spiro atoms. The molecule has 1 fully saturated rings. The summed E-state index contributed by atoms with van der Waals surface area (Å²) in [6.45, 7) is 4.18. The minimum Gasteiger partial charge on any atom is -0.327 e. The first kappa shape index (κ1) is 13.5. The molecule has 1 aromatic heterocycles. The van der Waals surface area contributed by atoms with Crippen LogP contribution in [0.25, 0.3) is 0 Å². The largest absolute Gasteiger partial charge is 0.327 e. The van der Waals surface area contributed by atoms with Crippen LogP contribution in [-0.2, 0) is 6.42 Å². The number of aromatic nitrogens is 2. The number of nitrogens with two attached hydrogens (primary N) is 1. The first-order valence-electron chi connectivity index (χ1n) is 7.29. The molecule has 1 aliphatic carbocycles. The molecule has 1 unspecified atom stereocenters. The third-order valence-corrected chi connectivity index (χ3v) is 3.91. The lowest BCUT2D eigenvalue weighted by molar-refractivity contribution is 0.434. The summed E-state index contributed by atoms with van der Waals surface area (Å²) in [5.74, 6) is 1.59. The van der Waals surface area contributed by atoms with Crippen molar-refractivity contribution in [3.05, 3.63) is 23.3 Å². The van der Waals surface area contributed by atoms with Crippen LogP contribution < -0.4 is 5.73 Å². The van der Waals surface area contributed by atoms with Crippen LogP contribution in [0.3, 0.4) is 0 Å². The smallest absolute Gasteiger partial charge is 0.130 e. The van der Waals surface area contributed by atoms with Gasteiger partial charge in [-0.1, -0.05) is 26.2 Å². The third-order valence-electron chi connectivity index (χ3n) is 3.91. The molecule has 1 aliphatic rings. The van der Waals surface area contributed by atoms with E-state index in [4.69, 9.17) is 10.7 Å². The molecule has 100 valence electrons. The molecule has 0 aliphatic heterocycles. The Balaban J connectivity index is 2.14. The monoisotopic (exact) mass is 247 g/mol. The van der Waals surface area contributed by atoms with Crippen LogP contribution >= 0.6 is 0 Å². The Kier molecular flexibility index (Phi) is 4.70. The van der Waals surface area contributed by atoms with E-state index >= 15 is 0 Å². The van der Waals surface area contributed by atoms with Gasteiger partial charge >= 0.3 is 0 Å². The maximum Gasteiger partial charge on any atom is 0.130 e. The number of nitrogens with zero attached hydrogens (tertiary/aromatic N) is 2. The highest BCUT2D eigenvalue weighted by molar-refractivity contribution is 5.15. The maximum absolute atomic E-state index is 6.00. The SMILES string of the molecule is CCC(N)Cc1nc(C)cc(C2CCCCC2)n1. The molecule has 18 heavy (non-hydrogen) atoms. The number of hydrogen-bond acceptors (Lipinski definition) is 3. The van der Waals surface area contributed by atoms with Crippen molar-refractivity contribution in [1.82, 2.24) is 9.97 Å². The second kappa shape index (κ2) is 6.28. The first-order chi connectivity index (χ1) is 8.69. The van der Waals surface area contributed by atoms with Crippen LogP contribution in [0.15, 0.2) is 6.07 Å². The van der Waals surface area contributed by atoms with Crippen LogP contribution in [0.5, 0.6) is 0 Å². The molecule has 0 saturated heterocycles. The fourth-order valence-corrected chi connectivity index (χ4v) is 2.73. The van der Waals surface area contributed by atoms with Crippen LogP contribution in [0.1, 0.15) is 68.6 Å². The molecular weight excluding hydrogens is 222 g/mol. The van der Waals surface area contributed by atoms with Crippen molar-refractivity contribution in [1.29, 1.82) is 0 Å². The molecule has 2 rings (SSSR count). The summed E-state index contributed by atoms with van der Waals surface area (Å²) in [4.78, 5) is 9.28. The van der Waals surface area contributed by atoms with Crippen LogP contribution in [-0.4, -0.2) is 16.0 Å². The molecule has 3 heteroatoms. The van der Waals surface area contributed by atoms with Gasteiger partial charge in [-0.25, -0.2) is 9.97 Å². The Morgan fingerprint density at radius 3 is 2.67 bits per heavy atom. The van der Waals surface area contributed by atoms with Gasteiger partial charge in [0.05, 0.1) is 0 Å². The average Bonchev–Trinajstić information content (AvgIpc) is 2.39. The molecule has 0 bridgehead atoms. The van der Waals surface area contributed by atoms with Crippen LogP contribution in [0, 0.1) is 6.92 Å². The summed E-state index contributed by atoms with van der Waals surface area (Å²) in [5, 5.41) is 0. The van der Waals surface area contributed by atoms with E-state index in [9.17, 15) is 0 Å². The zero-order valence-corrected chi connectivity index (χ0v) is 11.7. The van der Waals surface area contributed by atoms with E-state index < -0.39 is 0 Å². The normalized spacial score (nSPS) is 18.8. The number of rotatable bonds is 4. The molecule has 0 radical (unpaired) electrons. The Morgan fingerprint density at radius 1 is 1.28 bits per heavy atom. The van der Waals surface area contributed by atoms with Gasteiger partial charge in [0.1, 0.15) is 5.82 Å². The second-order valence-electron chi connectivity index (χ2n) is 5.56. The molecule has 1 atom stereocenters. The molecule has 0 amide bonds. The Hall–Kier alpha value is -0.960. The topological polar surface area (TPSA) is 51.8 Å². The van der Waals surface area contributed by atoms with E-state index in [2.05, 4.69) is 24.9 Å². The van der Waals surface area contributed by atoms with Crippen molar-refractivity contribution in [3.8, 4) is 0 Å². The van der Waals surface area contributed by atoms with Gasteiger partial charge in [-0.3, -0.25) is 0 Å². The summed E-state index contributed by atoms with van der Waals surface area (Å²) in [7, 11) is 0. The molecule has 2 N–H and O–H groups in total. The zero-order chi connectivity index (χ0) is 13.0. The molecule has 1 aromatic rings. The summed E-state index contributed by atoms with van der Waals surface area (Å²) in [6, 6.07) is 2.35. The lowest BCUT2D eigenvalue weighted by atomic mass is 9.86. The van der Waals surface area contributed by atoms with Gasteiger partial charge < -0.3 is 5.73 Å². The van der Waals surface area contributed by atoms with Gasteiger partial charge in [-0.05, 0) is 32.3 Å². The van der Waals surface area contributed by atoms with Gasteiger partial charge in [0, 0.05) is 29.8 Å². The summed E-state index contributed by atoms with van der Waals surface area (Å²) < 4.78 is 0. The third kappa shape index (κ3) is 3.52. The van der Waals surface area contributed by atoms with Crippen molar-refractivity contribution in [2.45, 2.75) is 70.8 Å². The Labute approximate surface area is 110 Å². The minimum absolute atomic E-state index is 0.186. The fraction of sp³-hybridized carbons (Fsp3) is 0.733. The van der Waals surface area contributed by atoms with Crippen LogP contribution in [0.2, 0.25) is 0 Å². The minimum atomic E-state index is 0.186. The standard InChI is InChI=1S/C15H25N3/c1-3-13(16)10-15-17-11(2)9-14(18-15)12-7-5-4-6-8-12/h9,12-13H,3-8,10,16H2,1-2H3. The highest BCUT2D eigenvalue weighted by Crippen LogP contribution is 2.31. The quantitative estimate of drug-likeness (QED) is 0.889.